The lowest BCUT2D eigenvalue weighted by atomic mass is 9.85. The van der Waals surface area contributed by atoms with Gasteiger partial charge < -0.3 is 9.84 Å². The highest BCUT2D eigenvalue weighted by atomic mass is 32.2. The van der Waals surface area contributed by atoms with Gasteiger partial charge in [0.05, 0.1) is 30.7 Å². The van der Waals surface area contributed by atoms with Gasteiger partial charge in [-0.1, -0.05) is 30.0 Å². The standard InChI is InChI=1S/C25H25FN4O2S/c1-24-7-8-25(2,30-24)23(26)20(12-24)33-22-14-28-18(13-29-22)17-5-4-15(10-19(17)31)16-6-9-27-21(11-16)32-3/h4-11,13-14,20,23,30-31H,12H2,1-3H3/t20-,23-,24-,25+/m1/s1. The molecule has 4 heterocycles. The Balaban J connectivity index is 1.33. The van der Waals surface area contributed by atoms with Crippen molar-refractivity contribution in [1.82, 2.24) is 20.3 Å². The minimum absolute atomic E-state index is 0.101. The topological polar surface area (TPSA) is 80.2 Å². The molecule has 5 rings (SSSR count). The molecule has 8 heteroatoms. The minimum atomic E-state index is -1.03. The number of halogens is 1. The number of hydrogen-bond acceptors (Lipinski definition) is 7. The van der Waals surface area contributed by atoms with E-state index < -0.39 is 11.7 Å². The Hall–Kier alpha value is -2.97. The number of aromatic hydroxyl groups is 1. The molecule has 0 saturated carbocycles. The van der Waals surface area contributed by atoms with Crippen LogP contribution in [0.3, 0.4) is 0 Å². The monoisotopic (exact) mass is 464 g/mol. The van der Waals surface area contributed by atoms with E-state index in [0.29, 0.717) is 28.6 Å². The Morgan fingerprint density at radius 1 is 1.09 bits per heavy atom. The summed E-state index contributed by atoms with van der Waals surface area (Å²) in [5.41, 5.74) is 2.01. The van der Waals surface area contributed by atoms with Crippen molar-refractivity contribution < 1.29 is 14.2 Å². The fraction of sp³-hybridized carbons (Fsp3) is 0.320. The van der Waals surface area contributed by atoms with Gasteiger partial charge in [-0.05, 0) is 49.6 Å². The molecule has 0 unspecified atom stereocenters. The SMILES string of the molecule is COc1cc(-c2ccc(-c3cnc(S[C@@H]4C[C@@]5(C)C=C[C@](C)(N5)[C@@H]4F)cn3)c(O)c2)ccn1. The highest BCUT2D eigenvalue weighted by Gasteiger charge is 2.52. The van der Waals surface area contributed by atoms with E-state index in [9.17, 15) is 5.11 Å². The number of thioether (sulfide) groups is 1. The zero-order chi connectivity index (χ0) is 23.2. The lowest BCUT2D eigenvalue weighted by Gasteiger charge is -2.44. The van der Waals surface area contributed by atoms with Gasteiger partial charge in [0.25, 0.3) is 0 Å². The van der Waals surface area contributed by atoms with E-state index in [-0.39, 0.29) is 16.5 Å². The number of rotatable bonds is 5. The van der Waals surface area contributed by atoms with E-state index in [1.54, 1.807) is 31.8 Å². The second-order valence-corrected chi connectivity index (χ2v) is 10.2. The molecule has 4 atom stereocenters. The van der Waals surface area contributed by atoms with Crippen LogP contribution in [-0.4, -0.2) is 49.7 Å². The molecule has 0 amide bonds. The molecule has 2 aromatic heterocycles. The fourth-order valence-corrected chi connectivity index (χ4v) is 6.01. The Labute approximate surface area is 196 Å². The smallest absolute Gasteiger partial charge is 0.213 e. The summed E-state index contributed by atoms with van der Waals surface area (Å²) >= 11 is 1.42. The van der Waals surface area contributed by atoms with Crippen molar-refractivity contribution in [3.05, 3.63) is 61.1 Å². The lowest BCUT2D eigenvalue weighted by molar-refractivity contribution is 0.132. The average molecular weight is 465 g/mol. The van der Waals surface area contributed by atoms with Crippen LogP contribution < -0.4 is 10.1 Å². The van der Waals surface area contributed by atoms with E-state index in [0.717, 1.165) is 11.1 Å². The number of phenolic OH excluding ortho intramolecular Hbond substituents is 1. The van der Waals surface area contributed by atoms with Crippen molar-refractivity contribution in [3.63, 3.8) is 0 Å². The van der Waals surface area contributed by atoms with Gasteiger partial charge in [-0.3, -0.25) is 10.3 Å². The summed E-state index contributed by atoms with van der Waals surface area (Å²) in [6, 6.07) is 9.05. The summed E-state index contributed by atoms with van der Waals surface area (Å²) in [6.07, 6.45) is 8.60. The largest absolute Gasteiger partial charge is 0.507 e. The van der Waals surface area contributed by atoms with Crippen LogP contribution in [0, 0.1) is 0 Å². The summed E-state index contributed by atoms with van der Waals surface area (Å²) < 4.78 is 20.3. The van der Waals surface area contributed by atoms with E-state index in [4.69, 9.17) is 4.74 Å². The van der Waals surface area contributed by atoms with Crippen LogP contribution in [0.1, 0.15) is 20.3 Å². The number of methoxy groups -OCH3 is 1. The van der Waals surface area contributed by atoms with Crippen molar-refractivity contribution in [3.8, 4) is 34.0 Å². The lowest BCUT2D eigenvalue weighted by Crippen LogP contribution is -2.62. The highest BCUT2D eigenvalue weighted by Crippen LogP contribution is 2.45. The summed E-state index contributed by atoms with van der Waals surface area (Å²) in [6.45, 7) is 3.99. The molecule has 0 spiro atoms. The van der Waals surface area contributed by atoms with Crippen molar-refractivity contribution in [2.75, 3.05) is 7.11 Å². The van der Waals surface area contributed by atoms with Crippen molar-refractivity contribution >= 4 is 11.8 Å². The molecule has 0 aliphatic carbocycles. The van der Waals surface area contributed by atoms with E-state index in [1.807, 2.05) is 37.3 Å². The van der Waals surface area contributed by atoms with Gasteiger partial charge in [0, 0.05) is 28.6 Å². The van der Waals surface area contributed by atoms with Gasteiger partial charge in [-0.25, -0.2) is 14.4 Å². The van der Waals surface area contributed by atoms with Crippen LogP contribution in [0.25, 0.3) is 22.4 Å². The zero-order valence-corrected chi connectivity index (χ0v) is 19.4. The third-order valence-corrected chi connectivity index (χ3v) is 7.49. The molecule has 6 nitrogen and oxygen atoms in total. The van der Waals surface area contributed by atoms with E-state index in [1.165, 1.54) is 11.8 Å². The summed E-state index contributed by atoms with van der Waals surface area (Å²) in [5.74, 6) is 0.606. The normalized spacial score (nSPS) is 28.1. The van der Waals surface area contributed by atoms with Crippen LogP contribution in [0.5, 0.6) is 11.6 Å². The number of ether oxygens (including phenoxy) is 1. The molecule has 1 fully saturated rings. The Bertz CT molecular complexity index is 1220. The molecule has 33 heavy (non-hydrogen) atoms. The van der Waals surface area contributed by atoms with Crippen molar-refractivity contribution in [2.45, 2.75) is 47.8 Å². The number of hydrogen-bond donors (Lipinski definition) is 2. The first kappa shape index (κ1) is 21.9. The van der Waals surface area contributed by atoms with Crippen LogP contribution >= 0.6 is 11.8 Å². The summed E-state index contributed by atoms with van der Waals surface area (Å²) in [7, 11) is 1.56. The maximum absolute atomic E-state index is 15.2. The summed E-state index contributed by atoms with van der Waals surface area (Å²) in [5, 5.41) is 14.5. The fourth-order valence-electron chi connectivity index (χ4n) is 4.64. The number of fused-ring (bicyclic) bond motifs is 2. The van der Waals surface area contributed by atoms with Crippen LogP contribution in [0.2, 0.25) is 0 Å². The number of benzene rings is 1. The van der Waals surface area contributed by atoms with E-state index in [2.05, 4.69) is 33.3 Å². The number of nitrogens with zero attached hydrogens (tertiary/aromatic N) is 3. The van der Waals surface area contributed by atoms with Gasteiger partial charge in [0.2, 0.25) is 5.88 Å². The third kappa shape index (κ3) is 4.09. The maximum atomic E-state index is 15.2. The number of aromatic nitrogens is 3. The highest BCUT2D eigenvalue weighted by molar-refractivity contribution is 7.99. The predicted molar refractivity (Wildman–Crippen MR) is 127 cm³/mol. The first-order valence-electron chi connectivity index (χ1n) is 10.7. The minimum Gasteiger partial charge on any atom is -0.507 e. The molecule has 0 radical (unpaired) electrons. The number of pyridine rings is 1. The number of piperidine rings is 1. The molecular weight excluding hydrogens is 439 g/mol. The molecule has 1 saturated heterocycles. The molecule has 2 N–H and O–H groups in total. The number of phenols is 1. The number of alkyl halides is 1. The first-order valence-corrected chi connectivity index (χ1v) is 11.6. The molecule has 2 aliphatic heterocycles. The molecule has 170 valence electrons. The third-order valence-electron chi connectivity index (χ3n) is 6.33. The quantitative estimate of drug-likeness (QED) is 0.525. The Kier molecular flexibility index (Phi) is 5.37. The predicted octanol–water partition coefficient (Wildman–Crippen LogP) is 4.80. The molecule has 3 aromatic rings. The average Bonchev–Trinajstić information content (AvgIpc) is 3.09. The second-order valence-electron chi connectivity index (χ2n) is 8.98. The molecule has 1 aromatic carbocycles. The maximum Gasteiger partial charge on any atom is 0.213 e. The van der Waals surface area contributed by atoms with Crippen molar-refractivity contribution in [1.29, 1.82) is 0 Å². The Morgan fingerprint density at radius 2 is 1.91 bits per heavy atom. The van der Waals surface area contributed by atoms with Gasteiger partial charge in [0.15, 0.2) is 0 Å². The van der Waals surface area contributed by atoms with Crippen LogP contribution in [-0.2, 0) is 0 Å². The van der Waals surface area contributed by atoms with Gasteiger partial charge in [-0.2, -0.15) is 0 Å². The first-order chi connectivity index (χ1) is 15.8. The Morgan fingerprint density at radius 3 is 2.64 bits per heavy atom. The van der Waals surface area contributed by atoms with Gasteiger partial charge >= 0.3 is 0 Å². The van der Waals surface area contributed by atoms with Gasteiger partial charge in [-0.15, -0.1) is 0 Å². The summed E-state index contributed by atoms with van der Waals surface area (Å²) in [4.78, 5) is 13.1. The number of nitrogens with one attached hydrogen (secondary N) is 1. The van der Waals surface area contributed by atoms with Gasteiger partial charge in [0.1, 0.15) is 16.9 Å². The molecule has 2 bridgehead atoms. The second kappa shape index (κ2) is 8.11. The van der Waals surface area contributed by atoms with Crippen LogP contribution in [0.15, 0.2) is 66.1 Å². The van der Waals surface area contributed by atoms with Crippen molar-refractivity contribution in [2.24, 2.45) is 0 Å². The molecular formula is C25H25FN4O2S. The zero-order valence-electron chi connectivity index (χ0n) is 18.6. The molecule has 2 aliphatic rings. The van der Waals surface area contributed by atoms with E-state index >= 15 is 4.39 Å². The van der Waals surface area contributed by atoms with Crippen LogP contribution in [0.4, 0.5) is 4.39 Å².